The van der Waals surface area contributed by atoms with Crippen LogP contribution in [-0.2, 0) is 4.74 Å². The van der Waals surface area contributed by atoms with E-state index in [4.69, 9.17) is 4.74 Å². The monoisotopic (exact) mass is 434 g/mol. The molecule has 3 heterocycles. The molecule has 1 aromatic rings. The Balaban J connectivity index is 1.47. The zero-order valence-corrected chi connectivity index (χ0v) is 19.5. The van der Waals surface area contributed by atoms with E-state index in [1.54, 1.807) is 0 Å². The average molecular weight is 435 g/mol. The highest BCUT2D eigenvalue weighted by Gasteiger charge is 2.68. The van der Waals surface area contributed by atoms with Crippen LogP contribution < -0.4 is 0 Å². The lowest BCUT2D eigenvalue weighted by atomic mass is 9.56. The fraction of sp³-hybridized carbons (Fsp3) is 0.593. The largest absolute Gasteiger partial charge is 0.388 e. The van der Waals surface area contributed by atoms with Gasteiger partial charge in [0, 0.05) is 29.8 Å². The lowest BCUT2D eigenvalue weighted by Gasteiger charge is -2.56. The van der Waals surface area contributed by atoms with Crippen molar-refractivity contribution in [1.82, 2.24) is 9.88 Å². The van der Waals surface area contributed by atoms with Gasteiger partial charge in [0.1, 0.15) is 6.10 Å². The molecule has 5 heteroatoms. The number of aromatic nitrogens is 1. The van der Waals surface area contributed by atoms with Gasteiger partial charge in [-0.3, -0.25) is 4.98 Å². The number of likely N-dealkylation sites (N-methyl/N-ethyl adjacent to an activating group) is 1. The normalized spacial score (nSPS) is 44.7. The van der Waals surface area contributed by atoms with Crippen LogP contribution in [0.2, 0.25) is 0 Å². The standard InChI is InChI=1S/C27H34N2O3/c1-16-13-25(2)18(17-6-5-11-28-15-17)7-8-22(25)27-10-9-26(32-27)14-21(29(3)4)24(31)23(30)20(26)12-19(16)27/h5-7,11-12,15,21-24,30-31H,8-10,13-14H2,1-4H3/t21-,22?,23+,24+,25+,26+,27+/m0/s1. The molecule has 1 saturated carbocycles. The molecule has 3 aliphatic carbocycles. The summed E-state index contributed by atoms with van der Waals surface area (Å²) in [5.41, 5.74) is 5.32. The predicted molar refractivity (Wildman–Crippen MR) is 124 cm³/mol. The third-order valence-electron chi connectivity index (χ3n) is 9.37. The van der Waals surface area contributed by atoms with Crippen molar-refractivity contribution >= 4 is 5.57 Å². The summed E-state index contributed by atoms with van der Waals surface area (Å²) in [5, 5.41) is 22.0. The predicted octanol–water partition coefficient (Wildman–Crippen LogP) is 3.50. The first kappa shape index (κ1) is 20.8. The molecule has 7 atom stereocenters. The van der Waals surface area contributed by atoms with Gasteiger partial charge >= 0.3 is 0 Å². The molecule has 1 unspecified atom stereocenters. The average Bonchev–Trinajstić information content (AvgIpc) is 3.26. The fourth-order valence-electron chi connectivity index (χ4n) is 7.97. The van der Waals surface area contributed by atoms with Gasteiger partial charge in [-0.2, -0.15) is 0 Å². The first-order chi connectivity index (χ1) is 15.2. The Bertz CT molecular complexity index is 1060. The van der Waals surface area contributed by atoms with Gasteiger partial charge in [-0.1, -0.05) is 30.7 Å². The number of hydrogen-bond donors (Lipinski definition) is 2. The van der Waals surface area contributed by atoms with Crippen LogP contribution in [0.15, 0.2) is 53.4 Å². The van der Waals surface area contributed by atoms with Crippen molar-refractivity contribution in [3.8, 4) is 0 Å². The molecule has 32 heavy (non-hydrogen) atoms. The fourth-order valence-corrected chi connectivity index (χ4v) is 7.97. The minimum absolute atomic E-state index is 0.00123. The number of pyridine rings is 1. The summed E-state index contributed by atoms with van der Waals surface area (Å²) < 4.78 is 7.24. The molecule has 0 radical (unpaired) electrons. The molecular formula is C27H34N2O3. The third kappa shape index (κ3) is 2.46. The summed E-state index contributed by atoms with van der Waals surface area (Å²) in [6, 6.07) is 4.08. The van der Waals surface area contributed by atoms with Crippen LogP contribution in [0.3, 0.4) is 0 Å². The second kappa shape index (κ2) is 6.63. The summed E-state index contributed by atoms with van der Waals surface area (Å²) in [5.74, 6) is 0.364. The Hall–Kier alpha value is -1.79. The van der Waals surface area contributed by atoms with Gasteiger partial charge < -0.3 is 19.8 Å². The van der Waals surface area contributed by atoms with Gasteiger partial charge in [0.25, 0.3) is 0 Å². The van der Waals surface area contributed by atoms with Crippen molar-refractivity contribution in [3.05, 3.63) is 59.0 Å². The molecule has 170 valence electrons. The molecule has 2 N–H and O–H groups in total. The van der Waals surface area contributed by atoms with E-state index in [1.165, 1.54) is 22.3 Å². The van der Waals surface area contributed by atoms with Crippen LogP contribution >= 0.6 is 0 Å². The minimum Gasteiger partial charge on any atom is -0.388 e. The molecule has 1 aromatic heterocycles. The van der Waals surface area contributed by atoms with Gasteiger partial charge in [-0.15, -0.1) is 0 Å². The summed E-state index contributed by atoms with van der Waals surface area (Å²) in [6.07, 6.45) is 11.4. The van der Waals surface area contributed by atoms with E-state index in [9.17, 15) is 10.2 Å². The molecule has 2 spiro atoms. The number of hydrogen-bond acceptors (Lipinski definition) is 5. The minimum atomic E-state index is -0.881. The lowest BCUT2D eigenvalue weighted by molar-refractivity contribution is -0.162. The number of nitrogens with zero attached hydrogens (tertiary/aromatic N) is 2. The van der Waals surface area contributed by atoms with E-state index in [0.29, 0.717) is 5.92 Å². The Morgan fingerprint density at radius 1 is 1.22 bits per heavy atom. The second-order valence-electron chi connectivity index (χ2n) is 11.2. The zero-order chi connectivity index (χ0) is 22.5. The van der Waals surface area contributed by atoms with Gasteiger partial charge in [-0.05, 0) is 81.5 Å². The van der Waals surface area contributed by atoms with E-state index < -0.39 is 17.8 Å². The van der Waals surface area contributed by atoms with Gasteiger partial charge in [-0.25, -0.2) is 0 Å². The van der Waals surface area contributed by atoms with Gasteiger partial charge in [0.05, 0.1) is 17.3 Å². The van der Waals surface area contributed by atoms with Crippen LogP contribution in [-0.4, -0.2) is 63.6 Å². The maximum Gasteiger partial charge on any atom is 0.105 e. The van der Waals surface area contributed by atoms with Crippen molar-refractivity contribution in [2.24, 2.45) is 11.3 Å². The van der Waals surface area contributed by atoms with Crippen LogP contribution in [0.5, 0.6) is 0 Å². The van der Waals surface area contributed by atoms with Gasteiger partial charge in [0.2, 0.25) is 0 Å². The van der Waals surface area contributed by atoms with E-state index in [-0.39, 0.29) is 17.1 Å². The number of fused-ring (bicyclic) bond motifs is 1. The summed E-state index contributed by atoms with van der Waals surface area (Å²) in [7, 11) is 3.96. The van der Waals surface area contributed by atoms with E-state index in [0.717, 1.165) is 37.7 Å². The highest BCUT2D eigenvalue weighted by molar-refractivity contribution is 5.74. The number of aliphatic hydroxyl groups excluding tert-OH is 2. The molecule has 5 aliphatic rings. The van der Waals surface area contributed by atoms with Crippen molar-refractivity contribution < 1.29 is 14.9 Å². The molecule has 5 nitrogen and oxygen atoms in total. The van der Waals surface area contributed by atoms with Crippen LogP contribution in [0.25, 0.3) is 5.57 Å². The van der Waals surface area contributed by atoms with Crippen molar-refractivity contribution in [1.29, 1.82) is 0 Å². The maximum atomic E-state index is 11.1. The number of allylic oxidation sites excluding steroid dienone is 3. The number of rotatable bonds is 2. The van der Waals surface area contributed by atoms with Gasteiger partial charge in [0.15, 0.2) is 0 Å². The summed E-state index contributed by atoms with van der Waals surface area (Å²) >= 11 is 0. The lowest BCUT2D eigenvalue weighted by Crippen LogP contribution is -2.62. The molecule has 2 fully saturated rings. The SMILES string of the molecule is CC1=C2C=C3[C@@H](O)[C@H](O)[C@@H](N(C)C)C[C@]34CC[C@]2(O4)C2CC=C(c3cccnc3)[C@@]2(C)C1. The third-order valence-corrected chi connectivity index (χ3v) is 9.37. The van der Waals surface area contributed by atoms with E-state index >= 15 is 0 Å². The highest BCUT2D eigenvalue weighted by Crippen LogP contribution is 2.68. The number of aliphatic hydroxyl groups is 2. The molecule has 6 rings (SSSR count). The zero-order valence-electron chi connectivity index (χ0n) is 19.5. The van der Waals surface area contributed by atoms with Crippen LogP contribution in [0.1, 0.15) is 51.5 Å². The molecule has 0 aromatic carbocycles. The van der Waals surface area contributed by atoms with E-state index in [1.807, 2.05) is 37.5 Å². The number of ether oxygens (including phenoxy) is 1. The molecule has 0 amide bonds. The van der Waals surface area contributed by atoms with Crippen LogP contribution in [0, 0.1) is 11.3 Å². The smallest absolute Gasteiger partial charge is 0.105 e. The summed E-state index contributed by atoms with van der Waals surface area (Å²) in [4.78, 5) is 6.42. The maximum absolute atomic E-state index is 11.1. The van der Waals surface area contributed by atoms with Crippen molar-refractivity contribution in [2.75, 3.05) is 14.1 Å². The molecule has 2 aliphatic heterocycles. The first-order valence-electron chi connectivity index (χ1n) is 12.0. The Morgan fingerprint density at radius 2 is 2.03 bits per heavy atom. The van der Waals surface area contributed by atoms with Crippen molar-refractivity contribution in [3.63, 3.8) is 0 Å². The Morgan fingerprint density at radius 3 is 2.75 bits per heavy atom. The highest BCUT2D eigenvalue weighted by atomic mass is 16.5. The molecular weight excluding hydrogens is 400 g/mol. The topological polar surface area (TPSA) is 65.8 Å². The Labute approximate surface area is 190 Å². The molecule has 1 saturated heterocycles. The van der Waals surface area contributed by atoms with E-state index in [2.05, 4.69) is 37.0 Å². The first-order valence-corrected chi connectivity index (χ1v) is 12.0. The summed E-state index contributed by atoms with van der Waals surface area (Å²) in [6.45, 7) is 4.64. The van der Waals surface area contributed by atoms with Crippen LogP contribution in [0.4, 0.5) is 0 Å². The molecule has 2 bridgehead atoms. The second-order valence-corrected chi connectivity index (χ2v) is 11.2. The quantitative estimate of drug-likeness (QED) is 0.746. The van der Waals surface area contributed by atoms with Crippen molar-refractivity contribution in [2.45, 2.75) is 75.4 Å². The Kier molecular flexibility index (Phi) is 4.31.